The van der Waals surface area contributed by atoms with Gasteiger partial charge in [0.25, 0.3) is 5.91 Å². The molecule has 2 rings (SSSR count). The van der Waals surface area contributed by atoms with Gasteiger partial charge in [-0.3, -0.25) is 14.8 Å². The Morgan fingerprint density at radius 3 is 2.71 bits per heavy atom. The summed E-state index contributed by atoms with van der Waals surface area (Å²) in [7, 11) is 1.95. The van der Waals surface area contributed by atoms with Crippen LogP contribution in [0.3, 0.4) is 0 Å². The maximum Gasteiger partial charge on any atom is 0.252 e. The Kier molecular flexibility index (Phi) is 9.07. The quantitative estimate of drug-likeness (QED) is 0.382. The fourth-order valence-electron chi connectivity index (χ4n) is 2.34. The second-order valence-corrected chi connectivity index (χ2v) is 6.39. The summed E-state index contributed by atoms with van der Waals surface area (Å²) in [5.74, 6) is 1.38. The Morgan fingerprint density at radius 2 is 2.04 bits per heavy atom. The van der Waals surface area contributed by atoms with Crippen LogP contribution in [0.25, 0.3) is 0 Å². The molecule has 1 amide bonds. The molecule has 1 heterocycles. The van der Waals surface area contributed by atoms with Gasteiger partial charge in [-0.25, -0.2) is 0 Å². The van der Waals surface area contributed by atoms with E-state index >= 15 is 0 Å². The van der Waals surface area contributed by atoms with Crippen molar-refractivity contribution in [2.45, 2.75) is 6.92 Å². The van der Waals surface area contributed by atoms with Crippen molar-refractivity contribution in [3.63, 3.8) is 0 Å². The van der Waals surface area contributed by atoms with Crippen molar-refractivity contribution < 1.29 is 9.53 Å². The lowest BCUT2D eigenvalue weighted by atomic mass is 10.3. The molecule has 1 aromatic carbocycles. The number of hydrogen-bond acceptors (Lipinski definition) is 4. The Labute approximate surface area is 170 Å². The molecule has 7 nitrogen and oxygen atoms in total. The molecule has 2 aromatic rings. The number of rotatable bonds is 9. The third-order valence-electron chi connectivity index (χ3n) is 3.79. The molecule has 0 unspecified atom stereocenters. The van der Waals surface area contributed by atoms with Crippen LogP contribution in [0.4, 0.5) is 0 Å². The van der Waals surface area contributed by atoms with E-state index < -0.39 is 0 Å². The molecule has 0 aliphatic heterocycles. The first kappa shape index (κ1) is 21.5. The van der Waals surface area contributed by atoms with Crippen LogP contribution in [0.1, 0.15) is 17.3 Å². The maximum atomic E-state index is 12.0. The zero-order valence-electron chi connectivity index (χ0n) is 16.2. The molecule has 0 saturated heterocycles. The normalized spacial score (nSPS) is 11.0. The van der Waals surface area contributed by atoms with Gasteiger partial charge in [0.05, 0.1) is 18.7 Å². The Bertz CT molecular complexity index is 753. The fraction of sp³-hybridized carbons (Fsp3) is 0.350. The van der Waals surface area contributed by atoms with Gasteiger partial charge in [-0.1, -0.05) is 11.6 Å². The van der Waals surface area contributed by atoms with E-state index in [0.29, 0.717) is 36.8 Å². The first-order chi connectivity index (χ1) is 13.6. The molecule has 0 atom stereocenters. The number of pyridine rings is 1. The Hall–Kier alpha value is -2.80. The number of guanidine groups is 1. The second-order valence-electron chi connectivity index (χ2n) is 5.96. The van der Waals surface area contributed by atoms with Crippen LogP contribution in [0.2, 0.25) is 5.02 Å². The minimum absolute atomic E-state index is 0.155. The number of amides is 1. The van der Waals surface area contributed by atoms with E-state index in [4.69, 9.17) is 16.3 Å². The number of carbonyl (C=O) groups is 1. The highest BCUT2D eigenvalue weighted by molar-refractivity contribution is 6.30. The summed E-state index contributed by atoms with van der Waals surface area (Å²) in [6, 6.07) is 10.7. The third kappa shape index (κ3) is 7.44. The molecule has 0 radical (unpaired) electrons. The number of likely N-dealkylation sites (N-methyl/N-ethyl adjacent to an activating group) is 1. The van der Waals surface area contributed by atoms with Crippen LogP contribution in [0, 0.1) is 0 Å². The average molecular weight is 404 g/mol. The number of nitrogens with one attached hydrogen (secondary N) is 2. The van der Waals surface area contributed by atoms with E-state index in [1.807, 2.05) is 31.0 Å². The number of hydrogen-bond donors (Lipinski definition) is 2. The van der Waals surface area contributed by atoms with Gasteiger partial charge in [0.2, 0.25) is 0 Å². The van der Waals surface area contributed by atoms with Crippen molar-refractivity contribution in [1.82, 2.24) is 20.5 Å². The molecule has 0 saturated carbocycles. The zero-order valence-corrected chi connectivity index (χ0v) is 16.9. The number of carbonyl (C=O) groups excluding carboxylic acids is 1. The van der Waals surface area contributed by atoms with Gasteiger partial charge >= 0.3 is 0 Å². The van der Waals surface area contributed by atoms with Gasteiger partial charge in [-0.2, -0.15) is 0 Å². The molecule has 0 fully saturated rings. The third-order valence-corrected chi connectivity index (χ3v) is 4.04. The Balaban J connectivity index is 1.76. The monoisotopic (exact) mass is 403 g/mol. The highest BCUT2D eigenvalue weighted by atomic mass is 35.5. The molecule has 0 aliphatic rings. The molecule has 1 aromatic heterocycles. The fourth-order valence-corrected chi connectivity index (χ4v) is 2.46. The number of aliphatic imine (C=N–C) groups is 1. The van der Waals surface area contributed by atoms with Crippen LogP contribution in [-0.4, -0.2) is 61.6 Å². The van der Waals surface area contributed by atoms with Crippen molar-refractivity contribution in [1.29, 1.82) is 0 Å². The van der Waals surface area contributed by atoms with Crippen molar-refractivity contribution in [2.24, 2.45) is 4.99 Å². The Morgan fingerprint density at radius 1 is 1.25 bits per heavy atom. The van der Waals surface area contributed by atoms with Crippen LogP contribution in [0.15, 0.2) is 53.8 Å². The number of benzene rings is 1. The summed E-state index contributed by atoms with van der Waals surface area (Å²) >= 11 is 5.87. The highest BCUT2D eigenvalue weighted by Crippen LogP contribution is 2.15. The van der Waals surface area contributed by atoms with Crippen molar-refractivity contribution in [3.05, 3.63) is 59.4 Å². The summed E-state index contributed by atoms with van der Waals surface area (Å²) in [5.41, 5.74) is 0.537. The van der Waals surface area contributed by atoms with Gasteiger partial charge in [-0.15, -0.1) is 0 Å². The van der Waals surface area contributed by atoms with Gasteiger partial charge in [-0.05, 0) is 43.3 Å². The van der Waals surface area contributed by atoms with E-state index in [1.165, 1.54) is 6.20 Å². The van der Waals surface area contributed by atoms with Gasteiger partial charge in [0.15, 0.2) is 5.96 Å². The molecular formula is C20H26ClN5O2. The zero-order chi connectivity index (χ0) is 20.2. The standard InChI is InChI=1S/C20H26ClN5O2/c1-3-23-20(25-12-11-24-19(27)16-5-4-10-22-15-16)26(2)13-14-28-18-8-6-17(21)7-9-18/h4-10,15H,3,11-14H2,1-2H3,(H,23,25)(H,24,27). The number of halogens is 1. The molecule has 28 heavy (non-hydrogen) atoms. The molecule has 150 valence electrons. The van der Waals surface area contributed by atoms with Gasteiger partial charge in [0, 0.05) is 37.6 Å². The van der Waals surface area contributed by atoms with E-state index in [-0.39, 0.29) is 5.91 Å². The SMILES string of the molecule is CCNC(=NCCNC(=O)c1cccnc1)N(C)CCOc1ccc(Cl)cc1. The van der Waals surface area contributed by atoms with Crippen LogP contribution < -0.4 is 15.4 Å². The molecule has 8 heteroatoms. The largest absolute Gasteiger partial charge is 0.492 e. The summed E-state index contributed by atoms with van der Waals surface area (Å²) in [4.78, 5) is 22.5. The average Bonchev–Trinajstić information content (AvgIpc) is 2.72. The topological polar surface area (TPSA) is 78.8 Å². The second kappa shape index (κ2) is 11.8. The van der Waals surface area contributed by atoms with Crippen molar-refractivity contribution in [2.75, 3.05) is 39.8 Å². The van der Waals surface area contributed by atoms with Gasteiger partial charge < -0.3 is 20.3 Å². The van der Waals surface area contributed by atoms with E-state index in [0.717, 1.165) is 18.3 Å². The molecular weight excluding hydrogens is 378 g/mol. The summed E-state index contributed by atoms with van der Waals surface area (Å²) in [6.07, 6.45) is 3.17. The first-order valence-corrected chi connectivity index (χ1v) is 9.54. The highest BCUT2D eigenvalue weighted by Gasteiger charge is 2.07. The minimum Gasteiger partial charge on any atom is -0.492 e. The minimum atomic E-state index is -0.155. The van der Waals surface area contributed by atoms with Crippen LogP contribution >= 0.6 is 11.6 Å². The predicted octanol–water partition coefficient (Wildman–Crippen LogP) is 2.44. The lowest BCUT2D eigenvalue weighted by molar-refractivity contribution is 0.0954. The molecule has 0 spiro atoms. The number of ether oxygens (including phenoxy) is 1. The molecule has 0 bridgehead atoms. The lowest BCUT2D eigenvalue weighted by Crippen LogP contribution is -2.41. The summed E-state index contributed by atoms with van der Waals surface area (Å²) in [6.45, 7) is 4.85. The van der Waals surface area contributed by atoms with Crippen LogP contribution in [0.5, 0.6) is 5.75 Å². The molecule has 2 N–H and O–H groups in total. The van der Waals surface area contributed by atoms with Crippen LogP contribution in [-0.2, 0) is 0 Å². The van der Waals surface area contributed by atoms with E-state index in [2.05, 4.69) is 20.6 Å². The van der Waals surface area contributed by atoms with Crippen molar-refractivity contribution >= 4 is 23.5 Å². The maximum absolute atomic E-state index is 12.0. The number of aromatic nitrogens is 1. The smallest absolute Gasteiger partial charge is 0.252 e. The summed E-state index contributed by atoms with van der Waals surface area (Å²) < 4.78 is 5.72. The van der Waals surface area contributed by atoms with Gasteiger partial charge in [0.1, 0.15) is 12.4 Å². The number of nitrogens with zero attached hydrogens (tertiary/aromatic N) is 3. The first-order valence-electron chi connectivity index (χ1n) is 9.16. The van der Waals surface area contributed by atoms with Crippen molar-refractivity contribution in [3.8, 4) is 5.75 Å². The van der Waals surface area contributed by atoms with E-state index in [1.54, 1.807) is 30.5 Å². The molecule has 0 aliphatic carbocycles. The summed E-state index contributed by atoms with van der Waals surface area (Å²) in [5, 5.41) is 6.76. The van der Waals surface area contributed by atoms with E-state index in [9.17, 15) is 4.79 Å². The lowest BCUT2D eigenvalue weighted by Gasteiger charge is -2.22. The predicted molar refractivity (Wildman–Crippen MR) is 112 cm³/mol.